The number of rotatable bonds is 4. The van der Waals surface area contributed by atoms with Crippen molar-refractivity contribution < 1.29 is 4.79 Å². The Morgan fingerprint density at radius 2 is 2.11 bits per heavy atom. The molecule has 0 saturated heterocycles. The molecule has 0 aliphatic rings. The number of aryl methyl sites for hydroxylation is 1. The third-order valence-corrected chi connectivity index (χ3v) is 4.21. The van der Waals surface area contributed by atoms with E-state index in [1.165, 1.54) is 11.3 Å². The highest BCUT2D eigenvalue weighted by atomic mass is 79.9. The Balaban J connectivity index is 2.34. The average molecular weight is 340 g/mol. The molecule has 0 saturated carbocycles. The molecule has 1 aromatic heterocycles. The molecule has 1 amide bonds. The number of hydrogen-bond donors (Lipinski definition) is 2. The van der Waals surface area contributed by atoms with Gasteiger partial charge in [-0.1, -0.05) is 35.0 Å². The molecule has 0 aliphatic heterocycles. The number of benzene rings is 1. The van der Waals surface area contributed by atoms with E-state index in [0.29, 0.717) is 5.13 Å². The van der Waals surface area contributed by atoms with Crippen LogP contribution in [-0.2, 0) is 11.2 Å². The average Bonchev–Trinajstić information content (AvgIpc) is 2.82. The van der Waals surface area contributed by atoms with Crippen molar-refractivity contribution in [2.45, 2.75) is 13.3 Å². The summed E-state index contributed by atoms with van der Waals surface area (Å²) in [5, 5.41) is 3.30. The molecule has 4 nitrogen and oxygen atoms in total. The van der Waals surface area contributed by atoms with E-state index in [9.17, 15) is 4.79 Å². The second-order valence-electron chi connectivity index (χ2n) is 3.90. The maximum Gasteiger partial charge on any atom is 0.239 e. The zero-order chi connectivity index (χ0) is 13.8. The third kappa shape index (κ3) is 3.40. The van der Waals surface area contributed by atoms with Gasteiger partial charge in [0.2, 0.25) is 5.91 Å². The van der Waals surface area contributed by atoms with Crippen LogP contribution < -0.4 is 11.1 Å². The molecule has 0 radical (unpaired) electrons. The molecule has 2 aromatic rings. The first kappa shape index (κ1) is 14.2. The van der Waals surface area contributed by atoms with E-state index in [-0.39, 0.29) is 12.5 Å². The fourth-order valence-corrected chi connectivity index (χ4v) is 2.85. The minimum Gasteiger partial charge on any atom is -0.322 e. The van der Waals surface area contributed by atoms with Crippen molar-refractivity contribution in [1.29, 1.82) is 0 Å². The number of nitrogens with zero attached hydrogens (tertiary/aromatic N) is 1. The van der Waals surface area contributed by atoms with E-state index in [1.54, 1.807) is 0 Å². The smallest absolute Gasteiger partial charge is 0.239 e. The third-order valence-electron chi connectivity index (χ3n) is 2.57. The van der Waals surface area contributed by atoms with E-state index in [2.05, 4.69) is 33.2 Å². The lowest BCUT2D eigenvalue weighted by molar-refractivity contribution is -0.114. The molecule has 1 aromatic carbocycles. The standard InChI is InChI=1S/C13H14BrN3OS/c1-2-10-12(8-3-5-9(14)6-4-8)17-13(19-10)16-11(18)7-15/h3-6H,2,7,15H2,1H3,(H,16,17,18). The van der Waals surface area contributed by atoms with Crippen molar-refractivity contribution in [2.75, 3.05) is 11.9 Å². The van der Waals surface area contributed by atoms with Crippen molar-refractivity contribution in [3.05, 3.63) is 33.6 Å². The molecule has 1 heterocycles. The molecule has 0 bridgehead atoms. The van der Waals surface area contributed by atoms with Gasteiger partial charge in [0.1, 0.15) is 0 Å². The van der Waals surface area contributed by atoms with Gasteiger partial charge in [-0.2, -0.15) is 0 Å². The van der Waals surface area contributed by atoms with Gasteiger partial charge in [-0.3, -0.25) is 4.79 Å². The maximum atomic E-state index is 11.3. The number of amides is 1. The highest BCUT2D eigenvalue weighted by Gasteiger charge is 2.13. The lowest BCUT2D eigenvalue weighted by atomic mass is 10.1. The largest absolute Gasteiger partial charge is 0.322 e. The molecule has 6 heteroatoms. The number of nitrogens with one attached hydrogen (secondary N) is 1. The second kappa shape index (κ2) is 6.27. The van der Waals surface area contributed by atoms with Crippen LogP contribution >= 0.6 is 27.3 Å². The first-order valence-electron chi connectivity index (χ1n) is 5.89. The molecule has 0 fully saturated rings. The predicted octanol–water partition coefficient (Wildman–Crippen LogP) is 3.03. The minimum atomic E-state index is -0.223. The monoisotopic (exact) mass is 339 g/mol. The van der Waals surface area contributed by atoms with Crippen LogP contribution in [0.25, 0.3) is 11.3 Å². The number of carbonyl (C=O) groups is 1. The van der Waals surface area contributed by atoms with Crippen LogP contribution in [0, 0.1) is 0 Å². The van der Waals surface area contributed by atoms with Gasteiger partial charge in [-0.15, -0.1) is 11.3 Å². The molecule has 2 rings (SSSR count). The summed E-state index contributed by atoms with van der Waals surface area (Å²) in [5.41, 5.74) is 7.25. The summed E-state index contributed by atoms with van der Waals surface area (Å²) in [6.45, 7) is 2.04. The second-order valence-corrected chi connectivity index (χ2v) is 5.90. The Labute approximate surface area is 124 Å². The number of carbonyl (C=O) groups excluding carboxylic acids is 1. The Hall–Kier alpha value is -1.24. The fraction of sp³-hybridized carbons (Fsp3) is 0.231. The van der Waals surface area contributed by atoms with Crippen LogP contribution in [0.4, 0.5) is 5.13 Å². The van der Waals surface area contributed by atoms with E-state index < -0.39 is 0 Å². The SMILES string of the molecule is CCc1sc(NC(=O)CN)nc1-c1ccc(Br)cc1. The molecule has 100 valence electrons. The topological polar surface area (TPSA) is 68.0 Å². The normalized spacial score (nSPS) is 10.5. The fourth-order valence-electron chi connectivity index (χ4n) is 1.65. The summed E-state index contributed by atoms with van der Waals surface area (Å²) in [5.74, 6) is -0.223. The molecule has 19 heavy (non-hydrogen) atoms. The van der Waals surface area contributed by atoms with Gasteiger partial charge in [0, 0.05) is 14.9 Å². The molecule has 0 aliphatic carbocycles. The molecule has 0 atom stereocenters. The van der Waals surface area contributed by atoms with Gasteiger partial charge in [0.15, 0.2) is 5.13 Å². The zero-order valence-electron chi connectivity index (χ0n) is 10.4. The van der Waals surface area contributed by atoms with Crippen LogP contribution in [0.1, 0.15) is 11.8 Å². The van der Waals surface area contributed by atoms with Gasteiger partial charge < -0.3 is 11.1 Å². The van der Waals surface area contributed by atoms with Crippen molar-refractivity contribution in [2.24, 2.45) is 5.73 Å². The summed E-state index contributed by atoms with van der Waals surface area (Å²) < 4.78 is 1.03. The highest BCUT2D eigenvalue weighted by Crippen LogP contribution is 2.32. The summed E-state index contributed by atoms with van der Waals surface area (Å²) in [7, 11) is 0. The van der Waals surface area contributed by atoms with E-state index in [4.69, 9.17) is 5.73 Å². The van der Waals surface area contributed by atoms with Crippen LogP contribution in [-0.4, -0.2) is 17.4 Å². The molecular weight excluding hydrogens is 326 g/mol. The van der Waals surface area contributed by atoms with Gasteiger partial charge in [0.25, 0.3) is 0 Å². The van der Waals surface area contributed by atoms with Gasteiger partial charge >= 0.3 is 0 Å². The van der Waals surface area contributed by atoms with Gasteiger partial charge in [0.05, 0.1) is 12.2 Å². The van der Waals surface area contributed by atoms with E-state index in [1.807, 2.05) is 24.3 Å². The summed E-state index contributed by atoms with van der Waals surface area (Å²) in [4.78, 5) is 16.9. The molecule has 0 spiro atoms. The Bertz CT molecular complexity index is 580. The first-order valence-corrected chi connectivity index (χ1v) is 7.50. The Morgan fingerprint density at radius 3 is 2.68 bits per heavy atom. The van der Waals surface area contributed by atoms with Crippen molar-refractivity contribution in [3.8, 4) is 11.3 Å². The van der Waals surface area contributed by atoms with Crippen molar-refractivity contribution >= 4 is 38.3 Å². The van der Waals surface area contributed by atoms with Crippen molar-refractivity contribution in [3.63, 3.8) is 0 Å². The molecule has 3 N–H and O–H groups in total. The van der Waals surface area contributed by atoms with Crippen LogP contribution in [0.2, 0.25) is 0 Å². The predicted molar refractivity (Wildman–Crippen MR) is 82.3 cm³/mol. The Kier molecular flexibility index (Phi) is 4.68. The number of nitrogens with two attached hydrogens (primary N) is 1. The summed E-state index contributed by atoms with van der Waals surface area (Å²) in [6, 6.07) is 7.97. The van der Waals surface area contributed by atoms with E-state index >= 15 is 0 Å². The van der Waals surface area contributed by atoms with Gasteiger partial charge in [-0.25, -0.2) is 4.98 Å². The lowest BCUT2D eigenvalue weighted by Gasteiger charge is -2.00. The zero-order valence-corrected chi connectivity index (χ0v) is 12.8. The molecule has 0 unspecified atom stereocenters. The quantitative estimate of drug-likeness (QED) is 0.899. The van der Waals surface area contributed by atoms with Crippen molar-refractivity contribution in [1.82, 2.24) is 4.98 Å². The maximum absolute atomic E-state index is 11.3. The van der Waals surface area contributed by atoms with Crippen LogP contribution in [0.5, 0.6) is 0 Å². The number of thiazole rings is 1. The lowest BCUT2D eigenvalue weighted by Crippen LogP contribution is -2.21. The molecular formula is C13H14BrN3OS. The van der Waals surface area contributed by atoms with E-state index in [0.717, 1.165) is 27.0 Å². The number of halogens is 1. The highest BCUT2D eigenvalue weighted by molar-refractivity contribution is 9.10. The van der Waals surface area contributed by atoms with Crippen LogP contribution in [0.3, 0.4) is 0 Å². The first-order chi connectivity index (χ1) is 9.13. The minimum absolute atomic E-state index is 0.0331. The van der Waals surface area contributed by atoms with Crippen LogP contribution in [0.15, 0.2) is 28.7 Å². The number of anilines is 1. The number of aromatic nitrogens is 1. The summed E-state index contributed by atoms with van der Waals surface area (Å²) in [6.07, 6.45) is 0.877. The number of hydrogen-bond acceptors (Lipinski definition) is 4. The Morgan fingerprint density at radius 1 is 1.42 bits per heavy atom. The summed E-state index contributed by atoms with van der Waals surface area (Å²) >= 11 is 4.90. The van der Waals surface area contributed by atoms with Gasteiger partial charge in [-0.05, 0) is 18.6 Å².